The molecule has 0 aromatic carbocycles. The van der Waals surface area contributed by atoms with Crippen LogP contribution in [0.25, 0.3) is 0 Å². The first-order valence-electron chi connectivity index (χ1n) is 5.12. The van der Waals surface area contributed by atoms with E-state index < -0.39 is 0 Å². The molecule has 90 valence electrons. The van der Waals surface area contributed by atoms with E-state index >= 15 is 0 Å². The van der Waals surface area contributed by atoms with Crippen molar-refractivity contribution in [1.29, 1.82) is 0 Å². The maximum absolute atomic E-state index is 5.94. The normalized spacial score (nSPS) is 10.7. The van der Waals surface area contributed by atoms with Crippen molar-refractivity contribution in [3.63, 3.8) is 0 Å². The summed E-state index contributed by atoms with van der Waals surface area (Å²) < 4.78 is 0. The van der Waals surface area contributed by atoms with Gasteiger partial charge >= 0.3 is 0 Å². The molecule has 0 bridgehead atoms. The molecular weight excluding hydrogens is 255 g/mol. The molecular formula is C13H14Cl2N2. The largest absolute Gasteiger partial charge is 0.309 e. The van der Waals surface area contributed by atoms with E-state index in [-0.39, 0.29) is 0 Å². The fraction of sp³-hybridized carbons (Fsp3) is 0.154. The van der Waals surface area contributed by atoms with E-state index in [2.05, 4.69) is 23.5 Å². The summed E-state index contributed by atoms with van der Waals surface area (Å²) in [4.78, 5) is 3.96. The monoisotopic (exact) mass is 268 g/mol. The maximum Gasteiger partial charge on any atom is 0.135 e. The van der Waals surface area contributed by atoms with Gasteiger partial charge in [0.25, 0.3) is 0 Å². The average molecular weight is 269 g/mol. The SMILES string of the molecule is C=C/C=C\C(=C)CNCc1ccc(Cl)nc1Cl. The van der Waals surface area contributed by atoms with Gasteiger partial charge in [0.15, 0.2) is 0 Å². The van der Waals surface area contributed by atoms with Crippen LogP contribution in [0.1, 0.15) is 5.56 Å². The zero-order chi connectivity index (χ0) is 12.7. The quantitative estimate of drug-likeness (QED) is 0.628. The Kier molecular flexibility index (Phi) is 5.98. The molecule has 1 aromatic rings. The zero-order valence-corrected chi connectivity index (χ0v) is 10.9. The second-order valence-corrected chi connectivity index (χ2v) is 4.19. The van der Waals surface area contributed by atoms with Gasteiger partial charge in [-0.05, 0) is 11.6 Å². The molecule has 1 N–H and O–H groups in total. The van der Waals surface area contributed by atoms with Crippen LogP contribution in [0.4, 0.5) is 0 Å². The highest BCUT2D eigenvalue weighted by molar-refractivity contribution is 6.32. The van der Waals surface area contributed by atoms with Gasteiger partial charge in [-0.25, -0.2) is 4.98 Å². The molecule has 0 saturated heterocycles. The molecule has 1 aromatic heterocycles. The molecule has 0 atom stereocenters. The number of pyridine rings is 1. The summed E-state index contributed by atoms with van der Waals surface area (Å²) in [6.07, 6.45) is 5.47. The van der Waals surface area contributed by atoms with Gasteiger partial charge in [-0.15, -0.1) is 0 Å². The zero-order valence-electron chi connectivity index (χ0n) is 9.42. The molecule has 0 aliphatic heterocycles. The van der Waals surface area contributed by atoms with Gasteiger partial charge in [0.1, 0.15) is 10.3 Å². The van der Waals surface area contributed by atoms with Crippen molar-refractivity contribution in [2.45, 2.75) is 6.54 Å². The highest BCUT2D eigenvalue weighted by atomic mass is 35.5. The summed E-state index contributed by atoms with van der Waals surface area (Å²) in [6, 6.07) is 3.57. The number of aromatic nitrogens is 1. The van der Waals surface area contributed by atoms with Crippen molar-refractivity contribution in [2.24, 2.45) is 0 Å². The fourth-order valence-corrected chi connectivity index (χ4v) is 1.61. The predicted molar refractivity (Wildman–Crippen MR) is 74.4 cm³/mol. The Labute approximate surface area is 112 Å². The van der Waals surface area contributed by atoms with Crippen molar-refractivity contribution < 1.29 is 0 Å². The topological polar surface area (TPSA) is 24.9 Å². The first-order valence-corrected chi connectivity index (χ1v) is 5.87. The number of nitrogens with one attached hydrogen (secondary N) is 1. The predicted octanol–water partition coefficient (Wildman–Crippen LogP) is 3.78. The van der Waals surface area contributed by atoms with Gasteiger partial charge in [0.05, 0.1) is 0 Å². The van der Waals surface area contributed by atoms with Crippen LogP contribution in [0.2, 0.25) is 10.3 Å². The van der Waals surface area contributed by atoms with Gasteiger partial charge in [-0.2, -0.15) is 0 Å². The van der Waals surface area contributed by atoms with Crippen molar-refractivity contribution in [2.75, 3.05) is 6.54 Å². The van der Waals surface area contributed by atoms with E-state index in [9.17, 15) is 0 Å². The Hall–Kier alpha value is -1.09. The lowest BCUT2D eigenvalue weighted by molar-refractivity contribution is 0.746. The van der Waals surface area contributed by atoms with E-state index in [1.165, 1.54) is 0 Å². The number of nitrogens with zero attached hydrogens (tertiary/aromatic N) is 1. The van der Waals surface area contributed by atoms with Crippen LogP contribution in [0.15, 0.2) is 49.1 Å². The van der Waals surface area contributed by atoms with E-state index in [1.54, 1.807) is 12.1 Å². The Morgan fingerprint density at radius 2 is 2.18 bits per heavy atom. The molecule has 2 nitrogen and oxygen atoms in total. The lowest BCUT2D eigenvalue weighted by atomic mass is 10.2. The minimum absolute atomic E-state index is 0.400. The lowest BCUT2D eigenvalue weighted by Gasteiger charge is -2.06. The molecule has 0 radical (unpaired) electrons. The molecule has 0 saturated carbocycles. The Morgan fingerprint density at radius 1 is 1.41 bits per heavy atom. The molecule has 0 aliphatic rings. The van der Waals surface area contributed by atoms with Crippen LogP contribution >= 0.6 is 23.2 Å². The summed E-state index contributed by atoms with van der Waals surface area (Å²) in [5.74, 6) is 0. The number of rotatable bonds is 6. The van der Waals surface area contributed by atoms with E-state index in [4.69, 9.17) is 23.2 Å². The lowest BCUT2D eigenvalue weighted by Crippen LogP contribution is -2.16. The molecule has 1 heterocycles. The second kappa shape index (κ2) is 7.28. The van der Waals surface area contributed by atoms with E-state index in [0.717, 1.165) is 11.1 Å². The first kappa shape index (κ1) is 14.0. The molecule has 0 amide bonds. The Bertz CT molecular complexity index is 439. The summed E-state index contributed by atoms with van der Waals surface area (Å²) in [5, 5.41) is 4.05. The number of halogens is 2. The summed E-state index contributed by atoms with van der Waals surface area (Å²) >= 11 is 11.7. The van der Waals surface area contributed by atoms with Crippen LogP contribution in [0.5, 0.6) is 0 Å². The minimum Gasteiger partial charge on any atom is -0.309 e. The Morgan fingerprint density at radius 3 is 2.82 bits per heavy atom. The van der Waals surface area contributed by atoms with Crippen molar-refractivity contribution >= 4 is 23.2 Å². The van der Waals surface area contributed by atoms with Crippen LogP contribution in [-0.4, -0.2) is 11.5 Å². The molecule has 4 heteroatoms. The maximum atomic E-state index is 5.94. The fourth-order valence-electron chi connectivity index (χ4n) is 1.19. The van der Waals surface area contributed by atoms with Crippen LogP contribution in [-0.2, 0) is 6.54 Å². The van der Waals surface area contributed by atoms with Gasteiger partial charge in [0.2, 0.25) is 0 Å². The number of hydrogen-bond donors (Lipinski definition) is 1. The standard InChI is InChI=1S/C13H14Cl2N2/c1-3-4-5-10(2)8-16-9-11-6-7-12(14)17-13(11)15/h3-7,16H,1-2,8-9H2/b5-4-. The summed E-state index contributed by atoms with van der Waals surface area (Å²) in [7, 11) is 0. The number of hydrogen-bond acceptors (Lipinski definition) is 2. The van der Waals surface area contributed by atoms with Crippen molar-refractivity contribution in [1.82, 2.24) is 10.3 Å². The highest BCUT2D eigenvalue weighted by Crippen LogP contribution is 2.16. The third-order valence-electron chi connectivity index (χ3n) is 2.03. The summed E-state index contributed by atoms with van der Waals surface area (Å²) in [5.41, 5.74) is 1.89. The van der Waals surface area contributed by atoms with Gasteiger partial charge in [-0.1, -0.05) is 60.7 Å². The second-order valence-electron chi connectivity index (χ2n) is 3.44. The molecule has 0 fully saturated rings. The minimum atomic E-state index is 0.400. The van der Waals surface area contributed by atoms with Gasteiger partial charge < -0.3 is 5.32 Å². The smallest absolute Gasteiger partial charge is 0.135 e. The van der Waals surface area contributed by atoms with E-state index in [0.29, 0.717) is 23.4 Å². The highest BCUT2D eigenvalue weighted by Gasteiger charge is 2.01. The van der Waals surface area contributed by atoms with Crippen LogP contribution < -0.4 is 5.32 Å². The number of allylic oxidation sites excluding steroid dienone is 2. The van der Waals surface area contributed by atoms with Crippen LogP contribution in [0, 0.1) is 0 Å². The molecule has 0 unspecified atom stereocenters. The first-order chi connectivity index (χ1) is 8.13. The molecule has 0 spiro atoms. The Balaban J connectivity index is 2.43. The van der Waals surface area contributed by atoms with Crippen molar-refractivity contribution in [3.05, 3.63) is 65.0 Å². The third kappa shape index (κ3) is 5.18. The third-order valence-corrected chi connectivity index (χ3v) is 2.57. The van der Waals surface area contributed by atoms with Gasteiger partial charge in [-0.3, -0.25) is 0 Å². The molecule has 17 heavy (non-hydrogen) atoms. The molecule has 0 aliphatic carbocycles. The summed E-state index contributed by atoms with van der Waals surface area (Å²) in [6.45, 7) is 8.80. The van der Waals surface area contributed by atoms with Gasteiger partial charge in [0, 0.05) is 18.7 Å². The van der Waals surface area contributed by atoms with E-state index in [1.807, 2.05) is 18.2 Å². The average Bonchev–Trinajstić information content (AvgIpc) is 2.29. The van der Waals surface area contributed by atoms with Crippen molar-refractivity contribution in [3.8, 4) is 0 Å². The molecule has 1 rings (SSSR count). The van der Waals surface area contributed by atoms with Crippen LogP contribution in [0.3, 0.4) is 0 Å².